The number of aromatic hydroxyl groups is 2. The number of phenolic OH excluding ortho intramolecular Hbond substituents is 2. The van der Waals surface area contributed by atoms with Crippen molar-refractivity contribution in [3.8, 4) is 11.5 Å². The van der Waals surface area contributed by atoms with E-state index in [1.54, 1.807) is 24.3 Å². The van der Waals surface area contributed by atoms with Crippen LogP contribution in [0.3, 0.4) is 0 Å². The Morgan fingerprint density at radius 3 is 1.43 bits per heavy atom. The van der Waals surface area contributed by atoms with Gasteiger partial charge in [0.15, 0.2) is 0 Å². The molecule has 2 N–H and O–H groups in total. The predicted octanol–water partition coefficient (Wildman–Crippen LogP) is 3.99. The van der Waals surface area contributed by atoms with Gasteiger partial charge < -0.3 is 15.1 Å². The Morgan fingerprint density at radius 2 is 1.09 bits per heavy atom. The van der Waals surface area contributed by atoms with Crippen molar-refractivity contribution < 1.29 is 10.2 Å². The lowest BCUT2D eigenvalue weighted by Gasteiger charge is -2.20. The van der Waals surface area contributed by atoms with E-state index in [4.69, 9.17) is 0 Å². The highest BCUT2D eigenvalue weighted by atomic mass is 16.3. The lowest BCUT2D eigenvalue weighted by Crippen LogP contribution is -2.26. The van der Waals surface area contributed by atoms with Crippen LogP contribution < -0.4 is 0 Å². The van der Waals surface area contributed by atoms with Crippen LogP contribution in [-0.4, -0.2) is 34.7 Å². The van der Waals surface area contributed by atoms with Gasteiger partial charge in [-0.1, -0.05) is 31.2 Å². The Labute approximate surface area is 139 Å². The maximum absolute atomic E-state index is 9.29. The average molecular weight is 313 g/mol. The van der Waals surface area contributed by atoms with Crippen LogP contribution in [0.25, 0.3) is 0 Å². The zero-order valence-corrected chi connectivity index (χ0v) is 13.9. The molecule has 0 spiro atoms. The summed E-state index contributed by atoms with van der Waals surface area (Å²) < 4.78 is 0. The number of nitrogens with zero attached hydrogens (tertiary/aromatic N) is 1. The molecule has 2 rings (SSSR count). The van der Waals surface area contributed by atoms with Crippen molar-refractivity contribution in [2.24, 2.45) is 0 Å². The summed E-state index contributed by atoms with van der Waals surface area (Å²) in [6, 6.07) is 15.0. The first-order chi connectivity index (χ1) is 11.2. The SMILES string of the molecule is CCN(CCCc1ccc(O)cc1)CCCc1ccc(O)cc1. The van der Waals surface area contributed by atoms with Crippen molar-refractivity contribution >= 4 is 0 Å². The smallest absolute Gasteiger partial charge is 0.115 e. The quantitative estimate of drug-likeness (QED) is 0.736. The molecule has 0 aromatic heterocycles. The minimum Gasteiger partial charge on any atom is -0.508 e. The molecule has 3 nitrogen and oxygen atoms in total. The summed E-state index contributed by atoms with van der Waals surface area (Å²) in [5.41, 5.74) is 2.56. The second-order valence-electron chi connectivity index (χ2n) is 5.97. The van der Waals surface area contributed by atoms with E-state index in [0.717, 1.165) is 45.3 Å². The van der Waals surface area contributed by atoms with Crippen molar-refractivity contribution in [3.05, 3.63) is 59.7 Å². The van der Waals surface area contributed by atoms with Crippen LogP contribution in [-0.2, 0) is 12.8 Å². The molecule has 2 aromatic rings. The summed E-state index contributed by atoms with van der Waals surface area (Å²) in [7, 11) is 0. The van der Waals surface area contributed by atoms with Gasteiger partial charge in [-0.2, -0.15) is 0 Å². The molecule has 23 heavy (non-hydrogen) atoms. The van der Waals surface area contributed by atoms with Gasteiger partial charge in [0.1, 0.15) is 11.5 Å². The van der Waals surface area contributed by atoms with E-state index >= 15 is 0 Å². The third-order valence-corrected chi connectivity index (χ3v) is 4.20. The highest BCUT2D eigenvalue weighted by molar-refractivity contribution is 5.26. The van der Waals surface area contributed by atoms with Gasteiger partial charge in [-0.15, -0.1) is 0 Å². The number of aryl methyl sites for hydroxylation is 2. The van der Waals surface area contributed by atoms with Crippen molar-refractivity contribution in [2.45, 2.75) is 32.6 Å². The fraction of sp³-hybridized carbons (Fsp3) is 0.400. The Balaban J connectivity index is 1.66. The Bertz CT molecular complexity index is 512. The fourth-order valence-corrected chi connectivity index (χ4v) is 2.77. The molecule has 0 unspecified atom stereocenters. The summed E-state index contributed by atoms with van der Waals surface area (Å²) in [5.74, 6) is 0.663. The third-order valence-electron chi connectivity index (χ3n) is 4.20. The first-order valence-electron chi connectivity index (χ1n) is 8.45. The molecule has 0 saturated heterocycles. The molecule has 2 aromatic carbocycles. The maximum Gasteiger partial charge on any atom is 0.115 e. The van der Waals surface area contributed by atoms with Gasteiger partial charge in [0.05, 0.1) is 0 Å². The van der Waals surface area contributed by atoms with E-state index in [1.165, 1.54) is 11.1 Å². The number of hydrogen-bond donors (Lipinski definition) is 2. The second-order valence-corrected chi connectivity index (χ2v) is 5.97. The third kappa shape index (κ3) is 6.33. The average Bonchev–Trinajstić information content (AvgIpc) is 2.57. The van der Waals surface area contributed by atoms with Crippen LogP contribution in [0.15, 0.2) is 48.5 Å². The topological polar surface area (TPSA) is 43.7 Å². The normalized spacial score (nSPS) is 11.0. The summed E-state index contributed by atoms with van der Waals surface area (Å²) in [4.78, 5) is 2.49. The first kappa shape index (κ1) is 17.4. The molecular formula is C20H27NO2. The highest BCUT2D eigenvalue weighted by Gasteiger charge is 2.03. The summed E-state index contributed by atoms with van der Waals surface area (Å²) in [5, 5.41) is 18.6. The second kappa shape index (κ2) is 9.21. The lowest BCUT2D eigenvalue weighted by atomic mass is 10.1. The lowest BCUT2D eigenvalue weighted by molar-refractivity contribution is 0.281. The van der Waals surface area contributed by atoms with E-state index in [2.05, 4.69) is 11.8 Å². The minimum atomic E-state index is 0.332. The van der Waals surface area contributed by atoms with Gasteiger partial charge in [-0.05, 0) is 80.7 Å². The van der Waals surface area contributed by atoms with Crippen molar-refractivity contribution in [1.82, 2.24) is 4.90 Å². The molecule has 0 radical (unpaired) electrons. The van der Waals surface area contributed by atoms with E-state index in [0.29, 0.717) is 11.5 Å². The highest BCUT2D eigenvalue weighted by Crippen LogP contribution is 2.13. The van der Waals surface area contributed by atoms with Crippen LogP contribution in [0.1, 0.15) is 30.9 Å². The number of phenols is 2. The molecule has 3 heteroatoms. The molecule has 0 bridgehead atoms. The molecule has 0 saturated carbocycles. The molecule has 0 heterocycles. The number of benzene rings is 2. The molecule has 0 atom stereocenters. The van der Waals surface area contributed by atoms with Crippen LogP contribution in [0.5, 0.6) is 11.5 Å². The molecular weight excluding hydrogens is 286 g/mol. The molecule has 0 aliphatic rings. The largest absolute Gasteiger partial charge is 0.508 e. The number of rotatable bonds is 9. The van der Waals surface area contributed by atoms with Crippen molar-refractivity contribution in [2.75, 3.05) is 19.6 Å². The first-order valence-corrected chi connectivity index (χ1v) is 8.45. The van der Waals surface area contributed by atoms with Crippen LogP contribution in [0.4, 0.5) is 0 Å². The maximum atomic E-state index is 9.29. The van der Waals surface area contributed by atoms with Gasteiger partial charge in [0.25, 0.3) is 0 Å². The zero-order valence-electron chi connectivity index (χ0n) is 13.9. The van der Waals surface area contributed by atoms with Crippen LogP contribution >= 0.6 is 0 Å². The van der Waals surface area contributed by atoms with Crippen molar-refractivity contribution in [1.29, 1.82) is 0 Å². The van der Waals surface area contributed by atoms with E-state index in [9.17, 15) is 10.2 Å². The van der Waals surface area contributed by atoms with Crippen LogP contribution in [0, 0.1) is 0 Å². The fourth-order valence-electron chi connectivity index (χ4n) is 2.77. The van der Waals surface area contributed by atoms with E-state index in [-0.39, 0.29) is 0 Å². The molecule has 0 aliphatic heterocycles. The monoisotopic (exact) mass is 313 g/mol. The Morgan fingerprint density at radius 1 is 0.696 bits per heavy atom. The van der Waals surface area contributed by atoms with Gasteiger partial charge >= 0.3 is 0 Å². The van der Waals surface area contributed by atoms with Gasteiger partial charge in [-0.3, -0.25) is 0 Å². The van der Waals surface area contributed by atoms with Gasteiger partial charge in [0.2, 0.25) is 0 Å². The summed E-state index contributed by atoms with van der Waals surface area (Å²) in [6.45, 7) is 5.49. The van der Waals surface area contributed by atoms with Gasteiger partial charge in [-0.25, -0.2) is 0 Å². The predicted molar refractivity (Wildman–Crippen MR) is 95.0 cm³/mol. The Kier molecular flexibility index (Phi) is 6.95. The Hall–Kier alpha value is -2.00. The molecule has 0 aliphatic carbocycles. The van der Waals surface area contributed by atoms with Crippen LogP contribution in [0.2, 0.25) is 0 Å². The molecule has 0 amide bonds. The summed E-state index contributed by atoms with van der Waals surface area (Å²) >= 11 is 0. The van der Waals surface area contributed by atoms with E-state index in [1.807, 2.05) is 24.3 Å². The zero-order chi connectivity index (χ0) is 16.5. The van der Waals surface area contributed by atoms with E-state index < -0.39 is 0 Å². The van der Waals surface area contributed by atoms with Crippen molar-refractivity contribution in [3.63, 3.8) is 0 Å². The summed E-state index contributed by atoms with van der Waals surface area (Å²) in [6.07, 6.45) is 4.37. The van der Waals surface area contributed by atoms with Gasteiger partial charge in [0, 0.05) is 0 Å². The molecule has 124 valence electrons. The number of hydrogen-bond acceptors (Lipinski definition) is 3. The minimum absolute atomic E-state index is 0.332. The standard InChI is InChI=1S/C20H27NO2/c1-2-21(15-3-5-17-7-11-19(22)12-8-17)16-4-6-18-9-13-20(23)14-10-18/h7-14,22-23H,2-6,15-16H2,1H3. The molecule has 0 fully saturated rings.